The normalized spacial score (nSPS) is 8.11. The van der Waals surface area contributed by atoms with Crippen LogP contribution in [0.25, 0.3) is 0 Å². The topological polar surface area (TPSA) is 0 Å². The smallest absolute Gasteiger partial charge is 0.0154 e. The van der Waals surface area contributed by atoms with Gasteiger partial charge in [0.25, 0.3) is 0 Å². The van der Waals surface area contributed by atoms with E-state index in [1.807, 2.05) is 18.2 Å². The Bertz CT molecular complexity index is 150. The Morgan fingerprint density at radius 1 is 1.11 bits per heavy atom. The van der Waals surface area contributed by atoms with Crippen LogP contribution in [0.1, 0.15) is 5.56 Å². The molecular weight excluding hydrogens is 152 g/mol. The third kappa shape index (κ3) is 2.78. The first-order valence-corrected chi connectivity index (χ1v) is 3.21. The van der Waals surface area contributed by atoms with E-state index in [1.54, 1.807) is 0 Å². The van der Waals surface area contributed by atoms with Crippen molar-refractivity contribution in [2.45, 2.75) is 5.75 Å². The summed E-state index contributed by atoms with van der Waals surface area (Å²) in [5.41, 5.74) is 1.27. The molecule has 0 nitrogen and oxygen atoms in total. The second-order valence-corrected chi connectivity index (χ2v) is 1.96. The van der Waals surface area contributed by atoms with Crippen molar-refractivity contribution in [3.8, 4) is 0 Å². The Morgan fingerprint density at radius 2 is 1.67 bits per heavy atom. The Labute approximate surface area is 67.1 Å². The van der Waals surface area contributed by atoms with E-state index in [0.29, 0.717) is 0 Å². The lowest BCUT2D eigenvalue weighted by Gasteiger charge is -1.89. The minimum atomic E-state index is 0. The van der Waals surface area contributed by atoms with Crippen molar-refractivity contribution in [1.82, 2.24) is 0 Å². The van der Waals surface area contributed by atoms with Crippen molar-refractivity contribution < 1.29 is 0 Å². The van der Waals surface area contributed by atoms with E-state index < -0.39 is 0 Å². The van der Waals surface area contributed by atoms with Crippen LogP contribution in [-0.4, -0.2) is 0 Å². The highest BCUT2D eigenvalue weighted by Crippen LogP contribution is 2.00. The summed E-state index contributed by atoms with van der Waals surface area (Å²) in [6.45, 7) is 0. The molecule has 9 heavy (non-hydrogen) atoms. The lowest BCUT2D eigenvalue weighted by atomic mass is 10.2. The minimum absolute atomic E-state index is 0. The lowest BCUT2D eigenvalue weighted by molar-refractivity contribution is 1.43. The molecule has 0 N–H and O–H groups in total. The van der Waals surface area contributed by atoms with Gasteiger partial charge in [-0.1, -0.05) is 30.3 Å². The van der Waals surface area contributed by atoms with Crippen molar-refractivity contribution in [3.63, 3.8) is 0 Å². The van der Waals surface area contributed by atoms with Crippen molar-refractivity contribution in [2.24, 2.45) is 0 Å². The molecule has 0 radical (unpaired) electrons. The molecule has 0 amide bonds. The van der Waals surface area contributed by atoms with Crippen LogP contribution in [0, 0.1) is 0 Å². The van der Waals surface area contributed by atoms with Crippen LogP contribution >= 0.6 is 25.0 Å². The van der Waals surface area contributed by atoms with Crippen LogP contribution in [0.15, 0.2) is 30.3 Å². The summed E-state index contributed by atoms with van der Waals surface area (Å²) in [6, 6.07) is 10.2. The van der Waals surface area contributed by atoms with Gasteiger partial charge >= 0.3 is 0 Å². The van der Waals surface area contributed by atoms with Gasteiger partial charge in [0.1, 0.15) is 0 Å². The molecule has 1 rings (SSSR count). The maximum Gasteiger partial charge on any atom is 0.0154 e. The van der Waals surface area contributed by atoms with Gasteiger partial charge in [0, 0.05) is 5.75 Å². The molecule has 0 bridgehead atoms. The number of hydrogen-bond acceptors (Lipinski definition) is 1. The lowest BCUT2D eigenvalue weighted by Crippen LogP contribution is -1.71. The number of rotatable bonds is 1. The summed E-state index contributed by atoms with van der Waals surface area (Å²) in [5.74, 6) is 0.834. The molecular formula is C7H9ClS. The molecule has 0 aromatic heterocycles. The van der Waals surface area contributed by atoms with Gasteiger partial charge in [-0.3, -0.25) is 0 Å². The zero-order chi connectivity index (χ0) is 5.82. The second-order valence-electron chi connectivity index (χ2n) is 1.64. The van der Waals surface area contributed by atoms with Gasteiger partial charge in [-0.15, -0.1) is 12.4 Å². The van der Waals surface area contributed by atoms with Gasteiger partial charge in [0.05, 0.1) is 0 Å². The summed E-state index contributed by atoms with van der Waals surface area (Å²) in [5, 5.41) is 0. The molecule has 0 aliphatic carbocycles. The number of hydrogen-bond donors (Lipinski definition) is 1. The summed E-state index contributed by atoms with van der Waals surface area (Å²) >= 11 is 4.11. The van der Waals surface area contributed by atoms with E-state index in [9.17, 15) is 0 Å². The van der Waals surface area contributed by atoms with Crippen LogP contribution < -0.4 is 0 Å². The van der Waals surface area contributed by atoms with Gasteiger partial charge in [0.15, 0.2) is 0 Å². The molecule has 0 fully saturated rings. The first-order chi connectivity index (χ1) is 3.93. The molecule has 1 aromatic carbocycles. The van der Waals surface area contributed by atoms with Crippen molar-refractivity contribution in [3.05, 3.63) is 35.9 Å². The van der Waals surface area contributed by atoms with E-state index in [0.717, 1.165) is 5.75 Å². The highest BCUT2D eigenvalue weighted by atomic mass is 35.5. The molecule has 0 atom stereocenters. The monoisotopic (exact) mass is 160 g/mol. The van der Waals surface area contributed by atoms with E-state index in [2.05, 4.69) is 24.8 Å². The quantitative estimate of drug-likeness (QED) is 0.600. The van der Waals surface area contributed by atoms with Gasteiger partial charge in [-0.05, 0) is 5.56 Å². The van der Waals surface area contributed by atoms with Gasteiger partial charge in [-0.25, -0.2) is 0 Å². The molecule has 0 heterocycles. The Balaban J connectivity index is 0.000000640. The third-order valence-electron chi connectivity index (χ3n) is 1.03. The molecule has 0 saturated carbocycles. The maximum absolute atomic E-state index is 4.11. The highest BCUT2D eigenvalue weighted by molar-refractivity contribution is 7.79. The van der Waals surface area contributed by atoms with E-state index in [1.165, 1.54) is 5.56 Å². The molecule has 0 spiro atoms. The van der Waals surface area contributed by atoms with Crippen LogP contribution in [-0.2, 0) is 5.75 Å². The summed E-state index contributed by atoms with van der Waals surface area (Å²) in [6.07, 6.45) is 0. The number of halogens is 1. The SMILES string of the molecule is Cl.SCc1ccccc1. The zero-order valence-electron chi connectivity index (χ0n) is 4.95. The van der Waals surface area contributed by atoms with Crippen molar-refractivity contribution >= 4 is 25.0 Å². The minimum Gasteiger partial charge on any atom is -0.175 e. The van der Waals surface area contributed by atoms with Gasteiger partial charge < -0.3 is 0 Å². The van der Waals surface area contributed by atoms with Gasteiger partial charge in [-0.2, -0.15) is 12.6 Å². The molecule has 0 unspecified atom stereocenters. The molecule has 0 aliphatic heterocycles. The first kappa shape index (κ1) is 8.86. The Hall–Kier alpha value is -0.140. The first-order valence-electron chi connectivity index (χ1n) is 2.58. The second kappa shape index (κ2) is 4.71. The molecule has 0 saturated heterocycles. The van der Waals surface area contributed by atoms with E-state index >= 15 is 0 Å². The molecule has 50 valence electrons. The largest absolute Gasteiger partial charge is 0.175 e. The third-order valence-corrected chi connectivity index (χ3v) is 1.39. The fraction of sp³-hybridized carbons (Fsp3) is 0.143. The average molecular weight is 161 g/mol. The number of thiol groups is 1. The number of benzene rings is 1. The summed E-state index contributed by atoms with van der Waals surface area (Å²) in [7, 11) is 0. The Kier molecular flexibility index (Phi) is 4.64. The van der Waals surface area contributed by atoms with Crippen LogP contribution in [0.3, 0.4) is 0 Å². The average Bonchev–Trinajstić information content (AvgIpc) is 1.90. The summed E-state index contributed by atoms with van der Waals surface area (Å²) < 4.78 is 0. The molecule has 2 heteroatoms. The fourth-order valence-electron chi connectivity index (χ4n) is 0.583. The van der Waals surface area contributed by atoms with E-state index in [4.69, 9.17) is 0 Å². The highest BCUT2D eigenvalue weighted by Gasteiger charge is 1.80. The predicted molar refractivity (Wildman–Crippen MR) is 46.4 cm³/mol. The van der Waals surface area contributed by atoms with Crippen LogP contribution in [0.4, 0.5) is 0 Å². The molecule has 0 aliphatic rings. The van der Waals surface area contributed by atoms with Crippen LogP contribution in [0.2, 0.25) is 0 Å². The van der Waals surface area contributed by atoms with Crippen LogP contribution in [0.5, 0.6) is 0 Å². The summed E-state index contributed by atoms with van der Waals surface area (Å²) in [4.78, 5) is 0. The standard InChI is InChI=1S/C7H8S.ClH/c8-6-7-4-2-1-3-5-7;/h1-5,8H,6H2;1H. The molecule has 1 aromatic rings. The predicted octanol–water partition coefficient (Wildman–Crippen LogP) is 2.54. The zero-order valence-corrected chi connectivity index (χ0v) is 6.66. The Morgan fingerprint density at radius 3 is 2.00 bits per heavy atom. The fourth-order valence-corrected chi connectivity index (χ4v) is 0.794. The van der Waals surface area contributed by atoms with Gasteiger partial charge in [0.2, 0.25) is 0 Å². The van der Waals surface area contributed by atoms with E-state index in [-0.39, 0.29) is 12.4 Å². The van der Waals surface area contributed by atoms with Crippen molar-refractivity contribution in [2.75, 3.05) is 0 Å². The maximum atomic E-state index is 4.11. The van der Waals surface area contributed by atoms with Crippen molar-refractivity contribution in [1.29, 1.82) is 0 Å².